The molecule has 1 fully saturated rings. The van der Waals surface area contributed by atoms with Crippen LogP contribution in [0.5, 0.6) is 0 Å². The van der Waals surface area contributed by atoms with Crippen molar-refractivity contribution in [1.82, 2.24) is 4.90 Å². The molecule has 5 heteroatoms. The molecule has 1 saturated heterocycles. The molecule has 18 heavy (non-hydrogen) atoms. The number of hydrogen-bond acceptors (Lipinski definition) is 4. The molecule has 1 aliphatic heterocycles. The summed E-state index contributed by atoms with van der Waals surface area (Å²) in [5, 5.41) is 16.9. The third-order valence-electron chi connectivity index (χ3n) is 3.30. The molecule has 2 N–H and O–H groups in total. The smallest absolute Gasteiger partial charge is 0.290 e. The van der Waals surface area contributed by atoms with E-state index in [0.29, 0.717) is 6.61 Å². The normalized spacial score (nSPS) is 19.2. The van der Waals surface area contributed by atoms with Gasteiger partial charge in [-0.05, 0) is 36.6 Å². The molecule has 1 rings (SSSR count). The molecule has 1 aliphatic rings. The fourth-order valence-corrected chi connectivity index (χ4v) is 2.73. The second-order valence-electron chi connectivity index (χ2n) is 5.34. The van der Waals surface area contributed by atoms with Crippen molar-refractivity contribution < 1.29 is 15.0 Å². The Hall–Kier alpha value is -0.260. The highest BCUT2D eigenvalue weighted by Crippen LogP contribution is 2.29. The number of aliphatic hydroxyl groups is 1. The quantitative estimate of drug-likeness (QED) is 0.752. The third-order valence-corrected chi connectivity index (χ3v) is 4.39. The molecule has 0 saturated carbocycles. The second-order valence-corrected chi connectivity index (χ2v) is 7.02. The lowest BCUT2D eigenvalue weighted by Crippen LogP contribution is -2.41. The molecular weight excluding hydrogens is 250 g/mol. The number of hydrogen-bond donors (Lipinski definition) is 2. The van der Waals surface area contributed by atoms with E-state index in [4.69, 9.17) is 9.90 Å². The van der Waals surface area contributed by atoms with Gasteiger partial charge >= 0.3 is 0 Å². The summed E-state index contributed by atoms with van der Waals surface area (Å²) in [7, 11) is 0. The van der Waals surface area contributed by atoms with E-state index in [1.54, 1.807) is 0 Å². The van der Waals surface area contributed by atoms with Crippen LogP contribution in [0.15, 0.2) is 0 Å². The number of piperidine rings is 1. The van der Waals surface area contributed by atoms with Crippen molar-refractivity contribution in [3.8, 4) is 0 Å². The highest BCUT2D eigenvalue weighted by molar-refractivity contribution is 7.99. The lowest BCUT2D eigenvalue weighted by molar-refractivity contribution is -0.122. The van der Waals surface area contributed by atoms with Gasteiger partial charge in [-0.3, -0.25) is 4.79 Å². The zero-order chi connectivity index (χ0) is 14.0. The lowest BCUT2D eigenvalue weighted by Gasteiger charge is -2.38. The van der Waals surface area contributed by atoms with Gasteiger partial charge in [-0.25, -0.2) is 0 Å². The Morgan fingerprint density at radius 1 is 1.39 bits per heavy atom. The van der Waals surface area contributed by atoms with Gasteiger partial charge in [-0.2, -0.15) is 11.8 Å². The van der Waals surface area contributed by atoms with Crippen LogP contribution in [-0.2, 0) is 4.79 Å². The van der Waals surface area contributed by atoms with Crippen molar-refractivity contribution in [1.29, 1.82) is 0 Å². The van der Waals surface area contributed by atoms with Gasteiger partial charge in [0.1, 0.15) is 0 Å². The first-order valence-electron chi connectivity index (χ1n) is 6.50. The minimum Gasteiger partial charge on any atom is -0.483 e. The first-order valence-corrected chi connectivity index (χ1v) is 7.55. The second kappa shape index (κ2) is 9.64. The summed E-state index contributed by atoms with van der Waals surface area (Å²) in [5.41, 5.74) is 0.196. The average molecular weight is 277 g/mol. The molecule has 0 aliphatic carbocycles. The van der Waals surface area contributed by atoms with E-state index in [1.807, 2.05) is 11.8 Å². The van der Waals surface area contributed by atoms with Crippen molar-refractivity contribution in [3.63, 3.8) is 0 Å². The zero-order valence-electron chi connectivity index (χ0n) is 11.8. The van der Waals surface area contributed by atoms with Crippen molar-refractivity contribution in [3.05, 3.63) is 0 Å². The predicted molar refractivity (Wildman–Crippen MR) is 77.2 cm³/mol. The topological polar surface area (TPSA) is 60.8 Å². The third kappa shape index (κ3) is 7.95. The van der Waals surface area contributed by atoms with Gasteiger partial charge < -0.3 is 15.1 Å². The van der Waals surface area contributed by atoms with Crippen LogP contribution in [0, 0.1) is 5.41 Å². The van der Waals surface area contributed by atoms with Crippen molar-refractivity contribution >= 4 is 18.2 Å². The number of nitrogens with zero attached hydrogens (tertiary/aromatic N) is 1. The van der Waals surface area contributed by atoms with E-state index in [1.165, 1.54) is 12.3 Å². The van der Waals surface area contributed by atoms with Gasteiger partial charge in [0, 0.05) is 18.9 Å². The van der Waals surface area contributed by atoms with Crippen LogP contribution >= 0.6 is 11.8 Å². The van der Waals surface area contributed by atoms with Crippen LogP contribution in [0.2, 0.25) is 0 Å². The monoisotopic (exact) mass is 277 g/mol. The fourth-order valence-electron chi connectivity index (χ4n) is 1.89. The largest absolute Gasteiger partial charge is 0.483 e. The maximum absolute atomic E-state index is 9.26. The van der Waals surface area contributed by atoms with E-state index in [-0.39, 0.29) is 11.9 Å². The first-order chi connectivity index (χ1) is 8.47. The van der Waals surface area contributed by atoms with Crippen LogP contribution in [0.3, 0.4) is 0 Å². The number of carboxylic acid groups (broad SMARTS) is 1. The Morgan fingerprint density at radius 2 is 1.89 bits per heavy atom. The molecular formula is C13H27NO3S. The highest BCUT2D eigenvalue weighted by atomic mass is 32.2. The SMILES string of the molecule is CC(C)SCCN1CCC(C)(CO)CC1.O=CO. The molecule has 0 radical (unpaired) electrons. The van der Waals surface area contributed by atoms with Crippen molar-refractivity contribution in [2.75, 3.05) is 32.0 Å². The number of rotatable bonds is 5. The molecule has 0 bridgehead atoms. The fraction of sp³-hybridized carbons (Fsp3) is 0.923. The summed E-state index contributed by atoms with van der Waals surface area (Å²) in [6, 6.07) is 0. The molecule has 0 spiro atoms. The van der Waals surface area contributed by atoms with Crippen LogP contribution in [0.25, 0.3) is 0 Å². The van der Waals surface area contributed by atoms with E-state index in [2.05, 4.69) is 25.7 Å². The van der Waals surface area contributed by atoms with Gasteiger partial charge in [0.2, 0.25) is 0 Å². The molecule has 0 aromatic heterocycles. The minimum atomic E-state index is -0.250. The first kappa shape index (κ1) is 17.7. The molecule has 0 atom stereocenters. The highest BCUT2D eigenvalue weighted by Gasteiger charge is 2.28. The van der Waals surface area contributed by atoms with Gasteiger partial charge in [0.25, 0.3) is 6.47 Å². The number of aliphatic hydroxyl groups excluding tert-OH is 1. The Morgan fingerprint density at radius 3 is 2.28 bits per heavy atom. The summed E-state index contributed by atoms with van der Waals surface area (Å²) in [6.07, 6.45) is 2.30. The van der Waals surface area contributed by atoms with Crippen molar-refractivity contribution in [2.24, 2.45) is 5.41 Å². The molecule has 4 nitrogen and oxygen atoms in total. The van der Waals surface area contributed by atoms with Crippen molar-refractivity contribution in [2.45, 2.75) is 38.9 Å². The summed E-state index contributed by atoms with van der Waals surface area (Å²) >= 11 is 2.04. The van der Waals surface area contributed by atoms with E-state index < -0.39 is 0 Å². The van der Waals surface area contributed by atoms with Crippen LogP contribution < -0.4 is 0 Å². The van der Waals surface area contributed by atoms with Crippen LogP contribution in [0.1, 0.15) is 33.6 Å². The summed E-state index contributed by atoms with van der Waals surface area (Å²) in [4.78, 5) is 10.9. The Kier molecular flexibility index (Phi) is 9.50. The predicted octanol–water partition coefficient (Wildman–Crippen LogP) is 1.92. The van der Waals surface area contributed by atoms with Crippen LogP contribution in [0.4, 0.5) is 0 Å². The number of carbonyl (C=O) groups is 1. The molecule has 1 heterocycles. The summed E-state index contributed by atoms with van der Waals surface area (Å²) < 4.78 is 0. The zero-order valence-corrected chi connectivity index (χ0v) is 12.6. The van der Waals surface area contributed by atoms with Gasteiger partial charge in [0.15, 0.2) is 0 Å². The number of thioether (sulfide) groups is 1. The average Bonchev–Trinajstić information content (AvgIpc) is 2.33. The van der Waals surface area contributed by atoms with E-state index in [0.717, 1.165) is 31.2 Å². The standard InChI is InChI=1S/C12H25NOS.CH2O2/c1-11(2)15-9-8-13-6-4-12(3,10-14)5-7-13;2-1-3/h11,14H,4-10H2,1-3H3;1H,(H,2,3). The van der Waals surface area contributed by atoms with Gasteiger partial charge in [0.05, 0.1) is 0 Å². The van der Waals surface area contributed by atoms with Gasteiger partial charge in [-0.1, -0.05) is 20.8 Å². The Balaban J connectivity index is 0.000000873. The Bertz CT molecular complexity index is 216. The maximum Gasteiger partial charge on any atom is 0.290 e. The minimum absolute atomic E-state index is 0.196. The maximum atomic E-state index is 9.26. The molecule has 108 valence electrons. The van der Waals surface area contributed by atoms with E-state index >= 15 is 0 Å². The molecule has 0 aromatic carbocycles. The van der Waals surface area contributed by atoms with Gasteiger partial charge in [-0.15, -0.1) is 0 Å². The molecule has 0 unspecified atom stereocenters. The summed E-state index contributed by atoms with van der Waals surface area (Å²) in [5.74, 6) is 1.24. The lowest BCUT2D eigenvalue weighted by atomic mass is 9.81. The molecule has 0 amide bonds. The van der Waals surface area contributed by atoms with Crippen LogP contribution in [-0.4, -0.2) is 58.8 Å². The van der Waals surface area contributed by atoms with E-state index in [9.17, 15) is 5.11 Å². The Labute approximate surface area is 115 Å². The number of likely N-dealkylation sites (tertiary alicyclic amines) is 1. The summed E-state index contributed by atoms with van der Waals surface area (Å²) in [6.45, 7) is 10.3. The molecule has 0 aromatic rings.